The highest BCUT2D eigenvalue weighted by Crippen LogP contribution is 2.28. The number of aromatic nitrogens is 3. The zero-order chi connectivity index (χ0) is 23.4. The fourth-order valence-corrected chi connectivity index (χ4v) is 5.04. The number of para-hydroxylation sites is 1. The highest BCUT2D eigenvalue weighted by molar-refractivity contribution is 7.96. The first-order valence-corrected chi connectivity index (χ1v) is 12.9. The molecule has 0 saturated carbocycles. The fraction of sp³-hybridized carbons (Fsp3) is 0.364. The first kappa shape index (κ1) is 23.7. The number of piperidine rings is 1. The molecule has 8 nitrogen and oxygen atoms in total. The van der Waals surface area contributed by atoms with Crippen molar-refractivity contribution in [1.29, 1.82) is 0 Å². The lowest BCUT2D eigenvalue weighted by molar-refractivity contribution is 0.103. The molecule has 0 unspecified atom stereocenters. The molecule has 0 atom stereocenters. The van der Waals surface area contributed by atoms with Crippen LogP contribution in [-0.4, -0.2) is 50.6 Å². The number of aryl methyl sites for hydroxylation is 2. The standard InChI is InChI=1S/C22H25ClN6O2S2/c1-13-5-4-6-16(23)20(13)28-21(30)17-12-24-22(33-17)27-18-11-19(26-14(2)25-18)31-15-7-9-29(32-3)10-8-15/h4-6,11-12,15H,7-10H2,1-3H3,(H,28,30)(H,24,25,26,27). The minimum atomic E-state index is -0.267. The summed E-state index contributed by atoms with van der Waals surface area (Å²) in [6, 6.07) is 7.25. The maximum atomic E-state index is 12.7. The van der Waals surface area contributed by atoms with E-state index in [1.807, 2.05) is 26.0 Å². The number of amides is 1. The fourth-order valence-electron chi connectivity index (χ4n) is 3.48. The molecule has 2 N–H and O–H groups in total. The van der Waals surface area contributed by atoms with E-state index in [9.17, 15) is 4.79 Å². The highest BCUT2D eigenvalue weighted by Gasteiger charge is 2.21. The largest absolute Gasteiger partial charge is 0.474 e. The van der Waals surface area contributed by atoms with Crippen LogP contribution in [0.25, 0.3) is 0 Å². The van der Waals surface area contributed by atoms with E-state index in [0.29, 0.717) is 38.2 Å². The van der Waals surface area contributed by atoms with Crippen molar-refractivity contribution in [3.63, 3.8) is 0 Å². The quantitative estimate of drug-likeness (QED) is 0.417. The van der Waals surface area contributed by atoms with E-state index in [4.69, 9.17) is 16.3 Å². The SMILES string of the molecule is CSN1CCC(Oc2cc(Nc3ncc(C(=O)Nc4c(C)cccc4Cl)s3)nc(C)n2)CC1. The van der Waals surface area contributed by atoms with Gasteiger partial charge in [-0.2, -0.15) is 4.98 Å². The maximum Gasteiger partial charge on any atom is 0.267 e. The van der Waals surface area contributed by atoms with E-state index in [1.165, 1.54) is 17.5 Å². The first-order chi connectivity index (χ1) is 15.9. The number of anilines is 3. The minimum Gasteiger partial charge on any atom is -0.474 e. The van der Waals surface area contributed by atoms with E-state index in [0.717, 1.165) is 31.5 Å². The Morgan fingerprint density at radius 2 is 2.06 bits per heavy atom. The summed E-state index contributed by atoms with van der Waals surface area (Å²) in [6.45, 7) is 5.71. The number of carbonyl (C=O) groups excluding carboxylic acids is 1. The van der Waals surface area contributed by atoms with E-state index in [2.05, 4.69) is 36.1 Å². The second-order valence-electron chi connectivity index (χ2n) is 7.61. The molecule has 1 fully saturated rings. The Labute approximate surface area is 206 Å². The number of nitrogens with zero attached hydrogens (tertiary/aromatic N) is 4. The number of hydrogen-bond acceptors (Lipinski definition) is 9. The number of carbonyl (C=O) groups is 1. The molecular weight excluding hydrogens is 480 g/mol. The second kappa shape index (κ2) is 10.7. The molecule has 174 valence electrons. The maximum absolute atomic E-state index is 12.7. The summed E-state index contributed by atoms with van der Waals surface area (Å²) >= 11 is 9.22. The van der Waals surface area contributed by atoms with Crippen molar-refractivity contribution in [2.24, 2.45) is 0 Å². The molecule has 33 heavy (non-hydrogen) atoms. The third kappa shape index (κ3) is 6.14. The van der Waals surface area contributed by atoms with Gasteiger partial charge in [0.15, 0.2) is 5.13 Å². The predicted octanol–water partition coefficient (Wildman–Crippen LogP) is 5.32. The molecule has 3 heterocycles. The molecule has 2 aromatic heterocycles. The van der Waals surface area contributed by atoms with Gasteiger partial charge in [-0.15, -0.1) is 0 Å². The predicted molar refractivity (Wildman–Crippen MR) is 135 cm³/mol. The lowest BCUT2D eigenvalue weighted by Gasteiger charge is -2.30. The molecule has 1 aromatic carbocycles. The van der Waals surface area contributed by atoms with Gasteiger partial charge in [-0.1, -0.05) is 47.0 Å². The molecule has 1 aliphatic rings. The van der Waals surface area contributed by atoms with E-state index in [-0.39, 0.29) is 12.0 Å². The second-order valence-corrected chi connectivity index (χ2v) is 9.93. The Balaban J connectivity index is 1.41. The van der Waals surface area contributed by atoms with Crippen LogP contribution >= 0.6 is 34.9 Å². The zero-order valence-corrected chi connectivity index (χ0v) is 21.0. The summed E-state index contributed by atoms with van der Waals surface area (Å²) in [6.07, 6.45) is 5.68. The third-order valence-electron chi connectivity index (χ3n) is 5.19. The molecule has 1 saturated heterocycles. The molecule has 3 aromatic rings. The molecular formula is C22H25ClN6O2S2. The number of rotatable bonds is 7. The van der Waals surface area contributed by atoms with Crippen molar-refractivity contribution in [3.05, 3.63) is 51.7 Å². The lowest BCUT2D eigenvalue weighted by Crippen LogP contribution is -2.34. The van der Waals surface area contributed by atoms with Crippen LogP contribution in [0.1, 0.15) is 33.9 Å². The monoisotopic (exact) mass is 504 g/mol. The summed E-state index contributed by atoms with van der Waals surface area (Å²) in [4.78, 5) is 26.3. The molecule has 4 rings (SSSR count). The van der Waals surface area contributed by atoms with Crippen molar-refractivity contribution in [1.82, 2.24) is 19.3 Å². The van der Waals surface area contributed by atoms with Crippen LogP contribution in [0, 0.1) is 13.8 Å². The number of hydrogen-bond donors (Lipinski definition) is 2. The summed E-state index contributed by atoms with van der Waals surface area (Å²) in [5, 5.41) is 7.07. The van der Waals surface area contributed by atoms with Gasteiger partial charge in [0.1, 0.15) is 22.6 Å². The van der Waals surface area contributed by atoms with Crippen LogP contribution in [0.2, 0.25) is 5.02 Å². The Hall–Kier alpha value is -2.40. The van der Waals surface area contributed by atoms with Gasteiger partial charge in [-0.25, -0.2) is 9.97 Å². The van der Waals surface area contributed by atoms with E-state index >= 15 is 0 Å². The third-order valence-corrected chi connectivity index (χ3v) is 7.29. The van der Waals surface area contributed by atoms with Gasteiger partial charge < -0.3 is 15.4 Å². The Kier molecular flexibility index (Phi) is 7.69. The van der Waals surface area contributed by atoms with Crippen molar-refractivity contribution >= 4 is 57.4 Å². The molecule has 1 amide bonds. The average molecular weight is 505 g/mol. The lowest BCUT2D eigenvalue weighted by atomic mass is 10.1. The first-order valence-electron chi connectivity index (χ1n) is 10.5. The molecule has 1 aliphatic heterocycles. The molecule has 0 radical (unpaired) electrons. The van der Waals surface area contributed by atoms with Gasteiger partial charge in [0.05, 0.1) is 16.9 Å². The van der Waals surface area contributed by atoms with Crippen LogP contribution in [0.15, 0.2) is 30.5 Å². The smallest absolute Gasteiger partial charge is 0.267 e. The average Bonchev–Trinajstić information content (AvgIpc) is 3.25. The van der Waals surface area contributed by atoms with Crippen molar-refractivity contribution in [2.75, 3.05) is 30.0 Å². The van der Waals surface area contributed by atoms with Crippen molar-refractivity contribution in [3.8, 4) is 5.88 Å². The van der Waals surface area contributed by atoms with Crippen LogP contribution < -0.4 is 15.4 Å². The molecule has 11 heteroatoms. The zero-order valence-electron chi connectivity index (χ0n) is 18.6. The molecule has 0 spiro atoms. The van der Waals surface area contributed by atoms with Gasteiger partial charge in [0.2, 0.25) is 5.88 Å². The Morgan fingerprint density at radius 1 is 1.27 bits per heavy atom. The van der Waals surface area contributed by atoms with Crippen molar-refractivity contribution in [2.45, 2.75) is 32.8 Å². The Bertz CT molecular complexity index is 1110. The van der Waals surface area contributed by atoms with Gasteiger partial charge in [-0.3, -0.25) is 9.10 Å². The normalized spacial score (nSPS) is 14.8. The number of halogens is 1. The highest BCUT2D eigenvalue weighted by atomic mass is 35.5. The van der Waals surface area contributed by atoms with Gasteiger partial charge in [0.25, 0.3) is 5.91 Å². The van der Waals surface area contributed by atoms with Crippen LogP contribution in [0.4, 0.5) is 16.6 Å². The number of nitrogens with one attached hydrogen (secondary N) is 2. The number of thiazole rings is 1. The summed E-state index contributed by atoms with van der Waals surface area (Å²) in [5.74, 6) is 1.44. The van der Waals surface area contributed by atoms with Crippen LogP contribution in [0.5, 0.6) is 5.88 Å². The summed E-state index contributed by atoms with van der Waals surface area (Å²) in [5.41, 5.74) is 1.49. The van der Waals surface area contributed by atoms with Crippen LogP contribution in [0.3, 0.4) is 0 Å². The van der Waals surface area contributed by atoms with Crippen molar-refractivity contribution < 1.29 is 9.53 Å². The Morgan fingerprint density at radius 3 is 2.79 bits per heavy atom. The number of ether oxygens (including phenoxy) is 1. The minimum absolute atomic E-state index is 0.138. The summed E-state index contributed by atoms with van der Waals surface area (Å²) < 4.78 is 8.45. The van der Waals surface area contributed by atoms with Gasteiger partial charge in [0, 0.05) is 19.2 Å². The number of benzene rings is 1. The van der Waals surface area contributed by atoms with E-state index in [1.54, 1.807) is 24.1 Å². The molecule has 0 aliphatic carbocycles. The van der Waals surface area contributed by atoms with Gasteiger partial charge in [-0.05, 0) is 44.6 Å². The molecule has 0 bridgehead atoms. The topological polar surface area (TPSA) is 92.3 Å². The van der Waals surface area contributed by atoms with Crippen LogP contribution in [-0.2, 0) is 0 Å². The van der Waals surface area contributed by atoms with Gasteiger partial charge >= 0.3 is 0 Å². The summed E-state index contributed by atoms with van der Waals surface area (Å²) in [7, 11) is 0. The van der Waals surface area contributed by atoms with E-state index < -0.39 is 0 Å².